The molecule has 0 aromatic heterocycles. The fourth-order valence-electron chi connectivity index (χ4n) is 3.08. The van der Waals surface area contributed by atoms with Crippen LogP contribution in [0.4, 0.5) is 10.1 Å². The summed E-state index contributed by atoms with van der Waals surface area (Å²) >= 11 is 0. The van der Waals surface area contributed by atoms with E-state index in [4.69, 9.17) is 5.73 Å². The first-order valence-electron chi connectivity index (χ1n) is 6.86. The number of nitrogens with one attached hydrogen (secondary N) is 1. The monoisotopic (exact) mass is 300 g/mol. The molecule has 4 nitrogen and oxygen atoms in total. The predicted octanol–water partition coefficient (Wildman–Crippen LogP) is 2.51. The fraction of sp³-hybridized carbons (Fsp3) is 0.571. The quantitative estimate of drug-likeness (QED) is 0.843. The Hall–Kier alpha value is -1.14. The van der Waals surface area contributed by atoms with E-state index in [1.165, 1.54) is 12.1 Å². The number of hydrogen-bond acceptors (Lipinski definition) is 3. The molecule has 1 fully saturated rings. The number of nitrogen functional groups attached to an aromatic ring is 1. The van der Waals surface area contributed by atoms with Gasteiger partial charge in [0.2, 0.25) is 10.0 Å². The summed E-state index contributed by atoms with van der Waals surface area (Å²) in [6.45, 7) is 4.24. The van der Waals surface area contributed by atoms with Crippen molar-refractivity contribution in [3.8, 4) is 0 Å². The number of anilines is 1. The summed E-state index contributed by atoms with van der Waals surface area (Å²) in [7, 11) is -3.77. The number of hydrogen-bond donors (Lipinski definition) is 2. The number of para-hydroxylation sites is 1. The molecule has 20 heavy (non-hydrogen) atoms. The van der Waals surface area contributed by atoms with Gasteiger partial charge in [-0.3, -0.25) is 0 Å². The van der Waals surface area contributed by atoms with Crippen LogP contribution in [-0.4, -0.2) is 14.5 Å². The highest BCUT2D eigenvalue weighted by molar-refractivity contribution is 7.89. The van der Waals surface area contributed by atoms with Crippen molar-refractivity contribution in [2.75, 3.05) is 5.73 Å². The van der Waals surface area contributed by atoms with Crippen molar-refractivity contribution in [1.82, 2.24) is 4.72 Å². The van der Waals surface area contributed by atoms with Crippen LogP contribution in [0.3, 0.4) is 0 Å². The molecule has 112 valence electrons. The lowest BCUT2D eigenvalue weighted by atomic mass is 9.81. The van der Waals surface area contributed by atoms with Gasteiger partial charge in [-0.2, -0.15) is 0 Å². The molecule has 1 aliphatic carbocycles. The molecule has 0 spiro atoms. The third-order valence-electron chi connectivity index (χ3n) is 3.80. The Morgan fingerprint density at radius 1 is 1.20 bits per heavy atom. The average molecular weight is 300 g/mol. The molecule has 0 bridgehead atoms. The van der Waals surface area contributed by atoms with Gasteiger partial charge in [0.15, 0.2) is 0 Å². The molecule has 1 aromatic carbocycles. The average Bonchev–Trinajstić information content (AvgIpc) is 2.30. The zero-order valence-electron chi connectivity index (χ0n) is 11.8. The minimum absolute atomic E-state index is 0.110. The Bertz CT molecular complexity index is 579. The Kier molecular flexibility index (Phi) is 4.34. The number of rotatable bonds is 3. The fourth-order valence-corrected chi connectivity index (χ4v) is 4.48. The molecule has 2 rings (SSSR count). The van der Waals surface area contributed by atoms with Crippen LogP contribution in [0, 0.1) is 17.7 Å². The first kappa shape index (κ1) is 15.3. The summed E-state index contributed by atoms with van der Waals surface area (Å²) in [6.07, 6.45) is 2.72. The van der Waals surface area contributed by atoms with E-state index in [1.807, 2.05) is 0 Å². The maximum Gasteiger partial charge on any atom is 0.242 e. The summed E-state index contributed by atoms with van der Waals surface area (Å²) in [4.78, 5) is -0.177. The summed E-state index contributed by atoms with van der Waals surface area (Å²) in [6, 6.07) is 3.73. The zero-order valence-corrected chi connectivity index (χ0v) is 12.6. The van der Waals surface area contributed by atoms with Crippen molar-refractivity contribution >= 4 is 15.7 Å². The number of sulfonamides is 1. The lowest BCUT2D eigenvalue weighted by molar-refractivity contribution is 0.257. The van der Waals surface area contributed by atoms with Crippen LogP contribution in [0.1, 0.15) is 33.1 Å². The maximum absolute atomic E-state index is 13.4. The summed E-state index contributed by atoms with van der Waals surface area (Å²) < 4.78 is 40.7. The van der Waals surface area contributed by atoms with Crippen LogP contribution in [0.2, 0.25) is 0 Å². The van der Waals surface area contributed by atoms with E-state index in [1.54, 1.807) is 0 Å². The minimum Gasteiger partial charge on any atom is -0.395 e. The maximum atomic E-state index is 13.4. The molecule has 3 N–H and O–H groups in total. The van der Waals surface area contributed by atoms with Gasteiger partial charge < -0.3 is 5.73 Å². The second-order valence-corrected chi connectivity index (χ2v) is 7.57. The first-order chi connectivity index (χ1) is 9.29. The second-order valence-electron chi connectivity index (χ2n) is 5.89. The van der Waals surface area contributed by atoms with Crippen molar-refractivity contribution in [3.63, 3.8) is 0 Å². The molecular formula is C14H21FN2O2S. The molecule has 1 saturated carbocycles. The van der Waals surface area contributed by atoms with Crippen molar-refractivity contribution in [2.24, 2.45) is 11.8 Å². The number of nitrogens with two attached hydrogens (primary N) is 1. The molecule has 1 aliphatic rings. The van der Waals surface area contributed by atoms with Crippen LogP contribution in [0.25, 0.3) is 0 Å². The Labute approximate surface area is 119 Å². The number of halogens is 1. The van der Waals surface area contributed by atoms with Gasteiger partial charge in [0.25, 0.3) is 0 Å². The van der Waals surface area contributed by atoms with Crippen LogP contribution in [-0.2, 0) is 10.0 Å². The molecular weight excluding hydrogens is 279 g/mol. The van der Waals surface area contributed by atoms with E-state index in [-0.39, 0.29) is 16.6 Å². The molecule has 2 unspecified atom stereocenters. The SMILES string of the molecule is CC1CC(C)CC(NS(=O)(=O)c2cccc(F)c2N)C1. The van der Waals surface area contributed by atoms with E-state index < -0.39 is 15.8 Å². The second kappa shape index (κ2) is 5.69. The highest BCUT2D eigenvalue weighted by Gasteiger charge is 2.29. The van der Waals surface area contributed by atoms with E-state index >= 15 is 0 Å². The van der Waals surface area contributed by atoms with E-state index in [9.17, 15) is 12.8 Å². The first-order valence-corrected chi connectivity index (χ1v) is 8.34. The van der Waals surface area contributed by atoms with E-state index in [0.29, 0.717) is 11.8 Å². The normalized spacial score (nSPS) is 27.4. The van der Waals surface area contributed by atoms with Crippen molar-refractivity contribution in [2.45, 2.75) is 44.0 Å². The third-order valence-corrected chi connectivity index (χ3v) is 5.38. The highest BCUT2D eigenvalue weighted by atomic mass is 32.2. The minimum atomic E-state index is -3.77. The van der Waals surface area contributed by atoms with E-state index in [0.717, 1.165) is 25.3 Å². The smallest absolute Gasteiger partial charge is 0.242 e. The van der Waals surface area contributed by atoms with Gasteiger partial charge in [-0.25, -0.2) is 17.5 Å². The van der Waals surface area contributed by atoms with Gasteiger partial charge in [-0.05, 0) is 43.2 Å². The zero-order chi connectivity index (χ0) is 14.9. The largest absolute Gasteiger partial charge is 0.395 e. The molecule has 6 heteroatoms. The summed E-state index contributed by atoms with van der Waals surface area (Å²) in [5.74, 6) is 0.255. The Morgan fingerprint density at radius 3 is 2.40 bits per heavy atom. The predicted molar refractivity (Wildman–Crippen MR) is 77.1 cm³/mol. The van der Waals surface area contributed by atoms with E-state index in [2.05, 4.69) is 18.6 Å². The lowest BCUT2D eigenvalue weighted by Crippen LogP contribution is -2.40. The highest BCUT2D eigenvalue weighted by Crippen LogP contribution is 2.30. The molecule has 0 heterocycles. The Morgan fingerprint density at radius 2 is 1.80 bits per heavy atom. The lowest BCUT2D eigenvalue weighted by Gasteiger charge is -2.31. The van der Waals surface area contributed by atoms with Crippen molar-refractivity contribution < 1.29 is 12.8 Å². The van der Waals surface area contributed by atoms with Crippen LogP contribution >= 0.6 is 0 Å². The third kappa shape index (κ3) is 3.30. The molecule has 1 aromatic rings. The molecule has 0 amide bonds. The molecule has 0 saturated heterocycles. The molecule has 0 radical (unpaired) electrons. The number of benzene rings is 1. The standard InChI is InChI=1S/C14H21FN2O2S/c1-9-6-10(2)8-11(7-9)17-20(18,19)13-5-3-4-12(15)14(13)16/h3-5,9-11,17H,6-8,16H2,1-2H3. The van der Waals surface area contributed by atoms with Crippen LogP contribution in [0.15, 0.2) is 23.1 Å². The van der Waals surface area contributed by atoms with Gasteiger partial charge in [0.05, 0.1) is 5.69 Å². The van der Waals surface area contributed by atoms with Gasteiger partial charge in [0, 0.05) is 6.04 Å². The van der Waals surface area contributed by atoms with Crippen LogP contribution < -0.4 is 10.5 Å². The van der Waals surface area contributed by atoms with Crippen molar-refractivity contribution in [3.05, 3.63) is 24.0 Å². The Balaban J connectivity index is 2.21. The van der Waals surface area contributed by atoms with Gasteiger partial charge in [-0.1, -0.05) is 19.9 Å². The van der Waals surface area contributed by atoms with Crippen LogP contribution in [0.5, 0.6) is 0 Å². The van der Waals surface area contributed by atoms with Crippen molar-refractivity contribution in [1.29, 1.82) is 0 Å². The summed E-state index contributed by atoms with van der Waals surface area (Å²) in [5, 5.41) is 0. The topological polar surface area (TPSA) is 72.2 Å². The van der Waals surface area contributed by atoms with Gasteiger partial charge in [0.1, 0.15) is 10.7 Å². The summed E-state index contributed by atoms with van der Waals surface area (Å²) in [5.41, 5.74) is 5.21. The molecule has 2 atom stereocenters. The van der Waals surface area contributed by atoms with Gasteiger partial charge >= 0.3 is 0 Å². The van der Waals surface area contributed by atoms with Gasteiger partial charge in [-0.15, -0.1) is 0 Å². The molecule has 0 aliphatic heterocycles.